The first-order chi connectivity index (χ1) is 13.1. The number of imide groups is 1. The smallest absolute Gasteiger partial charge is 0.339 e. The highest BCUT2D eigenvalue weighted by atomic mass is 16.7. The second-order valence-electron chi connectivity index (χ2n) is 8.43. The molecule has 0 fully saturated rings. The van der Waals surface area contributed by atoms with Crippen molar-refractivity contribution in [2.75, 3.05) is 0 Å². The molecule has 156 valence electrons. The molecule has 0 unspecified atom stereocenters. The van der Waals surface area contributed by atoms with E-state index in [-0.39, 0.29) is 27.3 Å². The van der Waals surface area contributed by atoms with Crippen molar-refractivity contribution in [3.63, 3.8) is 0 Å². The third-order valence-electron chi connectivity index (χ3n) is 3.44. The summed E-state index contributed by atoms with van der Waals surface area (Å²) in [5.74, 6) is -4.47. The molecule has 0 atom stereocenters. The van der Waals surface area contributed by atoms with Crippen LogP contribution in [-0.2, 0) is 19.1 Å². The number of amides is 2. The predicted octanol–water partition coefficient (Wildman–Crippen LogP) is 2.67. The number of hydrogen-bond acceptors (Lipinski definition) is 8. The molecule has 0 radical (unpaired) electrons. The van der Waals surface area contributed by atoms with Gasteiger partial charge >= 0.3 is 17.9 Å². The van der Waals surface area contributed by atoms with E-state index >= 15 is 0 Å². The van der Waals surface area contributed by atoms with Crippen molar-refractivity contribution in [1.29, 1.82) is 0 Å². The monoisotopic (exact) mass is 405 g/mol. The Kier molecular flexibility index (Phi) is 5.56. The molecule has 9 heteroatoms. The summed E-state index contributed by atoms with van der Waals surface area (Å²) >= 11 is 0. The van der Waals surface area contributed by atoms with Gasteiger partial charge in [0.1, 0.15) is 11.2 Å². The first-order valence-corrected chi connectivity index (χ1v) is 8.83. The van der Waals surface area contributed by atoms with E-state index in [1.807, 2.05) is 0 Å². The molecule has 0 bridgehead atoms. The van der Waals surface area contributed by atoms with E-state index in [9.17, 15) is 24.0 Å². The number of fused-ring (bicyclic) bond motifs is 1. The minimum Gasteiger partial charge on any atom is -0.456 e. The zero-order valence-corrected chi connectivity index (χ0v) is 17.4. The number of ether oxygens (including phenoxy) is 2. The van der Waals surface area contributed by atoms with Gasteiger partial charge in [-0.3, -0.25) is 9.59 Å². The van der Waals surface area contributed by atoms with E-state index in [0.29, 0.717) is 0 Å². The van der Waals surface area contributed by atoms with E-state index in [1.54, 1.807) is 41.5 Å². The van der Waals surface area contributed by atoms with Gasteiger partial charge in [-0.1, -0.05) is 5.06 Å². The summed E-state index contributed by atoms with van der Waals surface area (Å²) in [7, 11) is 0. The van der Waals surface area contributed by atoms with Gasteiger partial charge in [0.15, 0.2) is 0 Å². The highest BCUT2D eigenvalue weighted by Crippen LogP contribution is 2.29. The molecular weight excluding hydrogens is 382 g/mol. The van der Waals surface area contributed by atoms with Crippen LogP contribution in [0.25, 0.3) is 0 Å². The first-order valence-electron chi connectivity index (χ1n) is 8.83. The van der Waals surface area contributed by atoms with Gasteiger partial charge in [0.2, 0.25) is 0 Å². The number of carbonyl (C=O) groups excluding carboxylic acids is 5. The highest BCUT2D eigenvalue weighted by molar-refractivity contribution is 6.22. The predicted molar refractivity (Wildman–Crippen MR) is 99.0 cm³/mol. The Balaban J connectivity index is 2.61. The van der Waals surface area contributed by atoms with E-state index in [1.165, 1.54) is 0 Å². The van der Waals surface area contributed by atoms with Gasteiger partial charge in [0.05, 0.1) is 22.3 Å². The van der Waals surface area contributed by atoms with Crippen molar-refractivity contribution >= 4 is 29.7 Å². The fourth-order valence-corrected chi connectivity index (χ4v) is 2.48. The Morgan fingerprint density at radius 1 is 0.759 bits per heavy atom. The van der Waals surface area contributed by atoms with Crippen LogP contribution >= 0.6 is 0 Å². The molecular formula is C20H23NO8. The van der Waals surface area contributed by atoms with Crippen LogP contribution in [0.1, 0.15) is 89.9 Å². The maximum Gasteiger partial charge on any atom is 0.339 e. The van der Waals surface area contributed by atoms with Crippen LogP contribution < -0.4 is 0 Å². The summed E-state index contributed by atoms with van der Waals surface area (Å²) < 4.78 is 10.6. The fraction of sp³-hybridized carbons (Fsp3) is 0.450. The summed E-state index contributed by atoms with van der Waals surface area (Å²) in [6.07, 6.45) is 0. The molecule has 2 rings (SSSR count). The van der Waals surface area contributed by atoms with Gasteiger partial charge in [-0.25, -0.2) is 14.4 Å². The highest BCUT2D eigenvalue weighted by Gasteiger charge is 2.41. The molecule has 1 aliphatic rings. The summed E-state index contributed by atoms with van der Waals surface area (Å²) in [5, 5.41) is 0.282. The first kappa shape index (κ1) is 22.1. The third-order valence-corrected chi connectivity index (χ3v) is 3.44. The van der Waals surface area contributed by atoms with Gasteiger partial charge in [-0.15, -0.1) is 0 Å². The fourth-order valence-electron chi connectivity index (χ4n) is 2.48. The molecule has 9 nitrogen and oxygen atoms in total. The Labute approximate surface area is 167 Å². The molecule has 2 amide bonds. The standard InChI is InChI=1S/C20H23NO8/c1-10(22)29-21-15(23)11-8-13(17(25)27-19(2,3)4)14(9-12(11)16(21)24)18(26)28-20(5,6)7/h8-9H,1-7H3. The molecule has 29 heavy (non-hydrogen) atoms. The Hall–Kier alpha value is -3.23. The van der Waals surface area contributed by atoms with Gasteiger partial charge in [0, 0.05) is 6.92 Å². The number of carbonyl (C=O) groups is 5. The van der Waals surface area contributed by atoms with E-state index in [2.05, 4.69) is 4.84 Å². The minimum absolute atomic E-state index is 0.190. The number of rotatable bonds is 3. The lowest BCUT2D eigenvalue weighted by molar-refractivity contribution is -0.165. The summed E-state index contributed by atoms with van der Waals surface area (Å²) in [5.41, 5.74) is -2.60. The zero-order valence-electron chi connectivity index (χ0n) is 17.4. The lowest BCUT2D eigenvalue weighted by atomic mass is 9.99. The normalized spacial score (nSPS) is 13.8. The van der Waals surface area contributed by atoms with Crippen molar-refractivity contribution in [3.05, 3.63) is 34.4 Å². The molecule has 0 aliphatic carbocycles. The van der Waals surface area contributed by atoms with Gasteiger partial charge in [0.25, 0.3) is 11.8 Å². The summed E-state index contributed by atoms with van der Waals surface area (Å²) in [6, 6.07) is 2.15. The summed E-state index contributed by atoms with van der Waals surface area (Å²) in [6.45, 7) is 10.9. The van der Waals surface area contributed by atoms with Crippen molar-refractivity contribution in [2.45, 2.75) is 59.7 Å². The van der Waals surface area contributed by atoms with Crippen LogP contribution in [0.15, 0.2) is 12.1 Å². The maximum absolute atomic E-state index is 12.7. The van der Waals surface area contributed by atoms with Crippen molar-refractivity contribution < 1.29 is 38.3 Å². The summed E-state index contributed by atoms with van der Waals surface area (Å²) in [4.78, 5) is 66.1. The van der Waals surface area contributed by atoms with Crippen LogP contribution in [-0.4, -0.2) is 46.0 Å². The van der Waals surface area contributed by atoms with Crippen LogP contribution in [0.3, 0.4) is 0 Å². The Morgan fingerprint density at radius 3 is 1.38 bits per heavy atom. The third kappa shape index (κ3) is 4.98. The quantitative estimate of drug-likeness (QED) is 0.557. The Morgan fingerprint density at radius 2 is 1.10 bits per heavy atom. The van der Waals surface area contributed by atoms with E-state index < -0.39 is 40.9 Å². The van der Waals surface area contributed by atoms with Crippen molar-refractivity contribution in [2.24, 2.45) is 0 Å². The molecule has 0 saturated heterocycles. The molecule has 1 aliphatic heterocycles. The van der Waals surface area contributed by atoms with Gasteiger partial charge < -0.3 is 14.3 Å². The number of esters is 2. The van der Waals surface area contributed by atoms with E-state index in [0.717, 1.165) is 19.1 Å². The number of hydroxylamine groups is 2. The minimum atomic E-state index is -0.930. The number of hydrogen-bond donors (Lipinski definition) is 0. The SMILES string of the molecule is CC(=O)ON1C(=O)c2cc(C(=O)OC(C)(C)C)c(C(=O)OC(C)(C)C)cc2C1=O. The van der Waals surface area contributed by atoms with Crippen molar-refractivity contribution in [3.8, 4) is 0 Å². The van der Waals surface area contributed by atoms with Gasteiger partial charge in [-0.05, 0) is 53.7 Å². The lowest BCUT2D eigenvalue weighted by Gasteiger charge is -2.22. The van der Waals surface area contributed by atoms with Crippen LogP contribution in [0.4, 0.5) is 0 Å². The van der Waals surface area contributed by atoms with E-state index in [4.69, 9.17) is 9.47 Å². The van der Waals surface area contributed by atoms with Crippen LogP contribution in [0, 0.1) is 0 Å². The molecule has 0 saturated carbocycles. The second-order valence-corrected chi connectivity index (χ2v) is 8.43. The van der Waals surface area contributed by atoms with Crippen LogP contribution in [0.2, 0.25) is 0 Å². The average molecular weight is 405 g/mol. The second kappa shape index (κ2) is 7.31. The van der Waals surface area contributed by atoms with Gasteiger partial charge in [-0.2, -0.15) is 0 Å². The lowest BCUT2D eigenvalue weighted by Crippen LogP contribution is -2.31. The molecule has 0 N–H and O–H groups in total. The molecule has 0 aromatic heterocycles. The molecule has 0 spiro atoms. The number of benzene rings is 1. The molecule has 1 aromatic carbocycles. The largest absolute Gasteiger partial charge is 0.456 e. The average Bonchev–Trinajstić information content (AvgIpc) is 2.75. The molecule has 1 aromatic rings. The topological polar surface area (TPSA) is 116 Å². The maximum atomic E-state index is 12.7. The Bertz CT molecular complexity index is 851. The number of nitrogens with zero attached hydrogens (tertiary/aromatic N) is 1. The van der Waals surface area contributed by atoms with Crippen molar-refractivity contribution in [1.82, 2.24) is 5.06 Å². The molecule has 1 heterocycles. The van der Waals surface area contributed by atoms with Crippen LogP contribution in [0.5, 0.6) is 0 Å². The zero-order chi connectivity index (χ0) is 22.3.